The molecule has 0 unspecified atom stereocenters. The predicted molar refractivity (Wildman–Crippen MR) is 49.0 cm³/mol. The van der Waals surface area contributed by atoms with E-state index < -0.39 is 33.1 Å². The van der Waals surface area contributed by atoms with Gasteiger partial charge in [-0.25, -0.2) is 0 Å². The smallest absolute Gasteiger partial charge is 0.333 e. The molecule has 0 spiro atoms. The molecule has 0 saturated heterocycles. The number of hydrogen-bond acceptors (Lipinski definition) is 7. The third kappa shape index (κ3) is 9.40. The summed E-state index contributed by atoms with van der Waals surface area (Å²) in [5.74, 6) is -1.12. The van der Waals surface area contributed by atoms with Gasteiger partial charge in [0.15, 0.2) is 0 Å². The van der Waals surface area contributed by atoms with Crippen LogP contribution < -0.4 is 0 Å². The highest BCUT2D eigenvalue weighted by Crippen LogP contribution is 2.43. The Morgan fingerprint density at radius 1 is 1.00 bits per heavy atom. The molecule has 0 N–H and O–H groups in total. The minimum Gasteiger partial charge on any atom is -0.438 e. The molecule has 0 bridgehead atoms. The van der Waals surface area contributed by atoms with E-state index >= 15 is 0 Å². The topological polar surface area (TPSA) is 88.1 Å². The van der Waals surface area contributed by atoms with E-state index in [9.17, 15) is 14.2 Å². The van der Waals surface area contributed by atoms with Crippen molar-refractivity contribution in [3.05, 3.63) is 0 Å². The van der Waals surface area contributed by atoms with Crippen LogP contribution in [0.15, 0.2) is 0 Å². The zero-order valence-electron chi connectivity index (χ0n) is 8.72. The largest absolute Gasteiger partial charge is 0.438 e. The Bertz CT molecular complexity index is 251. The zero-order valence-corrected chi connectivity index (χ0v) is 9.61. The highest BCUT2D eigenvalue weighted by Gasteiger charge is 2.17. The number of esters is 2. The minimum absolute atomic E-state index is 0.469. The number of carbonyl (C=O) groups is 2. The van der Waals surface area contributed by atoms with Crippen molar-refractivity contribution in [2.24, 2.45) is 0 Å². The lowest BCUT2D eigenvalue weighted by Gasteiger charge is -2.13. The van der Waals surface area contributed by atoms with E-state index in [0.29, 0.717) is 0 Å². The summed E-state index contributed by atoms with van der Waals surface area (Å²) in [4.78, 5) is 20.7. The van der Waals surface area contributed by atoms with E-state index in [0.717, 1.165) is 0 Å². The molecule has 88 valence electrons. The van der Waals surface area contributed by atoms with Gasteiger partial charge in [-0.1, -0.05) is 0 Å². The molecule has 0 fully saturated rings. The Morgan fingerprint density at radius 2 is 1.33 bits per heavy atom. The quantitative estimate of drug-likeness (QED) is 0.387. The van der Waals surface area contributed by atoms with Crippen LogP contribution in [0.4, 0.5) is 0 Å². The van der Waals surface area contributed by atoms with E-state index in [2.05, 4.69) is 18.5 Å². The molecule has 0 aliphatic heterocycles. The first-order valence-corrected chi connectivity index (χ1v) is 5.96. The lowest BCUT2D eigenvalue weighted by atomic mass is 10.8. The third-order valence-corrected chi connectivity index (χ3v) is 2.25. The molecule has 0 aliphatic carbocycles. The second-order valence-electron chi connectivity index (χ2n) is 2.54. The standard InChI is InChI=1S/C7H13O7P/c1-6(8)11-4-13-15(3,10)14-5-12-7(2)9/h4-5H2,1-3H3. The maximum atomic E-state index is 11.3. The molecule has 8 heteroatoms. The number of rotatable bonds is 6. The van der Waals surface area contributed by atoms with Crippen molar-refractivity contribution in [2.45, 2.75) is 13.8 Å². The van der Waals surface area contributed by atoms with Gasteiger partial charge in [-0.15, -0.1) is 0 Å². The zero-order chi connectivity index (χ0) is 11.9. The van der Waals surface area contributed by atoms with Crippen molar-refractivity contribution in [2.75, 3.05) is 20.3 Å². The van der Waals surface area contributed by atoms with Crippen molar-refractivity contribution in [1.82, 2.24) is 0 Å². The molecular formula is C7H13O7P. The van der Waals surface area contributed by atoms with Crippen LogP contribution >= 0.6 is 7.60 Å². The van der Waals surface area contributed by atoms with Gasteiger partial charge in [0.2, 0.25) is 13.6 Å². The van der Waals surface area contributed by atoms with Crippen molar-refractivity contribution < 1.29 is 32.7 Å². The summed E-state index contributed by atoms with van der Waals surface area (Å²) >= 11 is 0. The summed E-state index contributed by atoms with van der Waals surface area (Å²) in [5.41, 5.74) is 0. The number of hydrogen-bond donors (Lipinski definition) is 0. The van der Waals surface area contributed by atoms with Gasteiger partial charge in [0.25, 0.3) is 0 Å². The number of ether oxygens (including phenoxy) is 2. The van der Waals surface area contributed by atoms with Gasteiger partial charge in [-0.3, -0.25) is 23.2 Å². The van der Waals surface area contributed by atoms with Crippen LogP contribution in [0.2, 0.25) is 0 Å². The monoisotopic (exact) mass is 240 g/mol. The van der Waals surface area contributed by atoms with E-state index in [1.54, 1.807) is 0 Å². The maximum Gasteiger partial charge on any atom is 0.333 e. The maximum absolute atomic E-state index is 11.3. The first kappa shape index (κ1) is 14.1. The molecule has 7 nitrogen and oxygen atoms in total. The average molecular weight is 240 g/mol. The summed E-state index contributed by atoms with van der Waals surface area (Å²) in [6.07, 6.45) is 0. The third-order valence-electron chi connectivity index (χ3n) is 1.10. The van der Waals surface area contributed by atoms with Crippen LogP contribution in [0.5, 0.6) is 0 Å². The predicted octanol–water partition coefficient (Wildman–Crippen LogP) is 0.884. The fraction of sp³-hybridized carbons (Fsp3) is 0.714. The normalized spacial score (nSPS) is 10.9. The van der Waals surface area contributed by atoms with Crippen LogP contribution in [0.3, 0.4) is 0 Å². The molecule has 0 aromatic heterocycles. The molecule has 0 saturated carbocycles. The molecule has 0 aromatic carbocycles. The van der Waals surface area contributed by atoms with Gasteiger partial charge in [0.1, 0.15) is 0 Å². The fourth-order valence-corrected chi connectivity index (χ4v) is 1.01. The van der Waals surface area contributed by atoms with E-state index in [1.165, 1.54) is 20.5 Å². The lowest BCUT2D eigenvalue weighted by molar-refractivity contribution is -0.149. The minimum atomic E-state index is -3.36. The Hall–Kier alpha value is -0.910. The van der Waals surface area contributed by atoms with Crippen molar-refractivity contribution >= 4 is 19.5 Å². The summed E-state index contributed by atoms with van der Waals surface area (Å²) in [6, 6.07) is 0. The summed E-state index contributed by atoms with van der Waals surface area (Å²) in [7, 11) is -3.36. The SMILES string of the molecule is CC(=O)OCOP(C)(=O)OCOC(C)=O. The van der Waals surface area contributed by atoms with Crippen LogP contribution in [0.25, 0.3) is 0 Å². The van der Waals surface area contributed by atoms with Gasteiger partial charge in [-0.05, 0) is 0 Å². The molecule has 0 aromatic rings. The first-order valence-electron chi connectivity index (χ1n) is 3.97. The summed E-state index contributed by atoms with van der Waals surface area (Å²) in [6.45, 7) is 2.60. The molecule has 0 amide bonds. The summed E-state index contributed by atoms with van der Waals surface area (Å²) in [5, 5.41) is 0. The fourth-order valence-electron chi connectivity index (χ4n) is 0.447. The van der Waals surface area contributed by atoms with E-state index in [4.69, 9.17) is 0 Å². The highest BCUT2D eigenvalue weighted by atomic mass is 31.2. The number of carbonyl (C=O) groups excluding carboxylic acids is 2. The highest BCUT2D eigenvalue weighted by molar-refractivity contribution is 7.52. The van der Waals surface area contributed by atoms with Crippen molar-refractivity contribution in [1.29, 1.82) is 0 Å². The lowest BCUT2D eigenvalue weighted by Crippen LogP contribution is -2.07. The van der Waals surface area contributed by atoms with Crippen LogP contribution in [0.1, 0.15) is 13.8 Å². The van der Waals surface area contributed by atoms with Gasteiger partial charge in [0.05, 0.1) is 0 Å². The Morgan fingerprint density at radius 3 is 1.60 bits per heavy atom. The summed E-state index contributed by atoms with van der Waals surface area (Å²) < 4.78 is 29.4. The van der Waals surface area contributed by atoms with E-state index in [-0.39, 0.29) is 0 Å². The molecule has 15 heavy (non-hydrogen) atoms. The second-order valence-corrected chi connectivity index (χ2v) is 4.60. The van der Waals surface area contributed by atoms with Crippen LogP contribution in [0, 0.1) is 0 Å². The van der Waals surface area contributed by atoms with Gasteiger partial charge in [-0.2, -0.15) is 0 Å². The molecule has 0 atom stereocenters. The molecule has 0 rings (SSSR count). The Kier molecular flexibility index (Phi) is 6.15. The molecule has 0 radical (unpaired) electrons. The van der Waals surface area contributed by atoms with Crippen molar-refractivity contribution in [3.63, 3.8) is 0 Å². The molecular weight excluding hydrogens is 227 g/mol. The molecule has 0 aliphatic rings. The van der Waals surface area contributed by atoms with Gasteiger partial charge in [0, 0.05) is 20.5 Å². The Balaban J connectivity index is 3.72. The molecule has 0 heterocycles. The van der Waals surface area contributed by atoms with Gasteiger partial charge < -0.3 is 9.47 Å². The van der Waals surface area contributed by atoms with Crippen molar-refractivity contribution in [3.8, 4) is 0 Å². The first-order chi connectivity index (χ1) is 6.83. The Labute approximate surface area is 87.2 Å². The van der Waals surface area contributed by atoms with Crippen LogP contribution in [-0.2, 0) is 32.7 Å². The second kappa shape index (κ2) is 6.55. The van der Waals surface area contributed by atoms with Gasteiger partial charge >= 0.3 is 19.5 Å². The van der Waals surface area contributed by atoms with E-state index in [1.807, 2.05) is 0 Å². The van der Waals surface area contributed by atoms with Crippen LogP contribution in [-0.4, -0.2) is 32.2 Å². The average Bonchev–Trinajstić information content (AvgIpc) is 2.01.